The Morgan fingerprint density at radius 3 is 2.71 bits per heavy atom. The third-order valence-corrected chi connectivity index (χ3v) is 3.30. The second-order valence-electron chi connectivity index (χ2n) is 4.61. The van der Waals surface area contributed by atoms with Crippen molar-refractivity contribution in [1.82, 2.24) is 5.32 Å². The van der Waals surface area contributed by atoms with Crippen molar-refractivity contribution < 1.29 is 9.13 Å². The van der Waals surface area contributed by atoms with E-state index in [9.17, 15) is 4.39 Å². The highest BCUT2D eigenvalue weighted by Crippen LogP contribution is 2.28. The number of hydrogen-bond donors (Lipinski definition) is 1. The molecule has 2 rings (SSSR count). The molecule has 1 N–H and O–H groups in total. The molecule has 1 unspecified atom stereocenters. The van der Waals surface area contributed by atoms with Crippen molar-refractivity contribution in [3.8, 4) is 0 Å². The fourth-order valence-corrected chi connectivity index (χ4v) is 2.41. The number of nitrogens with one attached hydrogen (secondary N) is 1. The van der Waals surface area contributed by atoms with E-state index in [1.165, 1.54) is 18.9 Å². The van der Waals surface area contributed by atoms with Gasteiger partial charge in [-0.05, 0) is 26.0 Å². The van der Waals surface area contributed by atoms with Crippen LogP contribution in [-0.4, -0.2) is 19.7 Å². The fourth-order valence-electron chi connectivity index (χ4n) is 2.41. The van der Waals surface area contributed by atoms with Crippen LogP contribution in [0.15, 0.2) is 24.3 Å². The average Bonchev–Trinajstić information content (AvgIpc) is 2.82. The topological polar surface area (TPSA) is 21.3 Å². The Balaban J connectivity index is 2.08. The van der Waals surface area contributed by atoms with Gasteiger partial charge in [0.15, 0.2) is 0 Å². The molecule has 1 aromatic rings. The van der Waals surface area contributed by atoms with Gasteiger partial charge < -0.3 is 10.1 Å². The van der Waals surface area contributed by atoms with Crippen LogP contribution in [0.2, 0.25) is 0 Å². The minimum Gasteiger partial charge on any atom is -0.369 e. The number of benzene rings is 1. The molecule has 1 saturated carbocycles. The lowest BCUT2D eigenvalue weighted by atomic mass is 10.1. The number of halogens is 1. The summed E-state index contributed by atoms with van der Waals surface area (Å²) in [6.45, 7) is 0.650. The lowest BCUT2D eigenvalue weighted by Crippen LogP contribution is -2.24. The van der Waals surface area contributed by atoms with Gasteiger partial charge in [-0.2, -0.15) is 0 Å². The smallest absolute Gasteiger partial charge is 0.129 e. The molecule has 1 aliphatic rings. The summed E-state index contributed by atoms with van der Waals surface area (Å²) in [5.74, 6) is -0.175. The van der Waals surface area contributed by atoms with Gasteiger partial charge in [-0.15, -0.1) is 0 Å². The van der Waals surface area contributed by atoms with Crippen LogP contribution in [0.3, 0.4) is 0 Å². The summed E-state index contributed by atoms with van der Waals surface area (Å²) >= 11 is 0. The summed E-state index contributed by atoms with van der Waals surface area (Å²) in [6.07, 6.45) is 4.79. The second-order valence-corrected chi connectivity index (χ2v) is 4.61. The molecule has 0 radical (unpaired) electrons. The first kappa shape index (κ1) is 12.5. The Morgan fingerprint density at radius 2 is 2.06 bits per heavy atom. The lowest BCUT2D eigenvalue weighted by molar-refractivity contribution is -0.00954. The third-order valence-electron chi connectivity index (χ3n) is 3.30. The molecule has 1 fully saturated rings. The molecule has 0 bridgehead atoms. The normalized spacial score (nSPS) is 18.5. The standard InChI is InChI=1S/C14H20FNO/c1-16-10-14(17-11-6-2-3-7-11)12-8-4-5-9-13(12)15/h4-5,8-9,11,14,16H,2-3,6-7,10H2,1H3. The summed E-state index contributed by atoms with van der Waals surface area (Å²) in [7, 11) is 1.87. The molecule has 0 spiro atoms. The molecule has 17 heavy (non-hydrogen) atoms. The van der Waals surface area contributed by atoms with E-state index in [2.05, 4.69) is 5.32 Å². The minimum atomic E-state index is -0.177. The van der Waals surface area contributed by atoms with Crippen LogP contribution in [0.4, 0.5) is 4.39 Å². The largest absolute Gasteiger partial charge is 0.369 e. The molecule has 0 amide bonds. The van der Waals surface area contributed by atoms with E-state index >= 15 is 0 Å². The average molecular weight is 237 g/mol. The van der Waals surface area contributed by atoms with Gasteiger partial charge in [0.25, 0.3) is 0 Å². The maximum absolute atomic E-state index is 13.7. The molecular formula is C14H20FNO. The highest BCUT2D eigenvalue weighted by atomic mass is 19.1. The molecule has 1 aliphatic carbocycles. The van der Waals surface area contributed by atoms with E-state index in [1.807, 2.05) is 19.2 Å². The number of likely N-dealkylation sites (N-methyl/N-ethyl adjacent to an activating group) is 1. The van der Waals surface area contributed by atoms with Crippen molar-refractivity contribution in [2.45, 2.75) is 37.9 Å². The molecular weight excluding hydrogens is 217 g/mol. The van der Waals surface area contributed by atoms with Gasteiger partial charge in [-0.25, -0.2) is 4.39 Å². The van der Waals surface area contributed by atoms with E-state index in [0.717, 1.165) is 12.8 Å². The van der Waals surface area contributed by atoms with Crippen molar-refractivity contribution >= 4 is 0 Å². The minimum absolute atomic E-state index is 0.175. The zero-order chi connectivity index (χ0) is 12.1. The molecule has 0 aliphatic heterocycles. The Kier molecular flexibility index (Phi) is 4.51. The van der Waals surface area contributed by atoms with Crippen LogP contribution in [0.5, 0.6) is 0 Å². The molecule has 0 saturated heterocycles. The predicted octanol–water partition coefficient (Wildman–Crippen LogP) is 3.05. The monoisotopic (exact) mass is 237 g/mol. The van der Waals surface area contributed by atoms with Gasteiger partial charge in [0.1, 0.15) is 5.82 Å². The van der Waals surface area contributed by atoms with Crippen molar-refractivity contribution in [3.63, 3.8) is 0 Å². The SMILES string of the molecule is CNCC(OC1CCCC1)c1ccccc1F. The second kappa shape index (κ2) is 6.12. The van der Waals surface area contributed by atoms with Crippen LogP contribution in [0.1, 0.15) is 37.4 Å². The molecule has 1 atom stereocenters. The van der Waals surface area contributed by atoms with Gasteiger partial charge >= 0.3 is 0 Å². The van der Waals surface area contributed by atoms with Crippen molar-refractivity contribution in [2.24, 2.45) is 0 Å². The van der Waals surface area contributed by atoms with E-state index in [4.69, 9.17) is 4.74 Å². The Bertz CT molecular complexity index is 350. The first-order chi connectivity index (χ1) is 8.31. The van der Waals surface area contributed by atoms with Crippen molar-refractivity contribution in [3.05, 3.63) is 35.6 Å². The quantitative estimate of drug-likeness (QED) is 0.850. The molecule has 1 aromatic carbocycles. The molecule has 0 aromatic heterocycles. The van der Waals surface area contributed by atoms with E-state index < -0.39 is 0 Å². The predicted molar refractivity (Wildman–Crippen MR) is 66.4 cm³/mol. The van der Waals surface area contributed by atoms with Crippen molar-refractivity contribution in [2.75, 3.05) is 13.6 Å². The van der Waals surface area contributed by atoms with Crippen molar-refractivity contribution in [1.29, 1.82) is 0 Å². The van der Waals surface area contributed by atoms with Gasteiger partial charge in [-0.1, -0.05) is 31.0 Å². The highest BCUT2D eigenvalue weighted by Gasteiger charge is 2.22. The van der Waals surface area contributed by atoms with E-state index in [-0.39, 0.29) is 11.9 Å². The van der Waals surface area contributed by atoms with Gasteiger partial charge in [0.2, 0.25) is 0 Å². The van der Waals surface area contributed by atoms with Crippen LogP contribution in [-0.2, 0) is 4.74 Å². The first-order valence-electron chi connectivity index (χ1n) is 6.35. The van der Waals surface area contributed by atoms with Crippen LogP contribution < -0.4 is 5.32 Å². The van der Waals surface area contributed by atoms with Crippen LogP contribution in [0, 0.1) is 5.82 Å². The van der Waals surface area contributed by atoms with Crippen LogP contribution >= 0.6 is 0 Å². The zero-order valence-electron chi connectivity index (χ0n) is 10.3. The van der Waals surface area contributed by atoms with Gasteiger partial charge in [0.05, 0.1) is 12.2 Å². The maximum Gasteiger partial charge on any atom is 0.129 e. The number of hydrogen-bond acceptors (Lipinski definition) is 2. The van der Waals surface area contributed by atoms with E-state index in [0.29, 0.717) is 18.2 Å². The number of ether oxygens (including phenoxy) is 1. The summed E-state index contributed by atoms with van der Waals surface area (Å²) in [4.78, 5) is 0. The third kappa shape index (κ3) is 3.27. The van der Waals surface area contributed by atoms with Gasteiger partial charge in [0, 0.05) is 12.1 Å². The summed E-state index contributed by atoms with van der Waals surface area (Å²) in [5.41, 5.74) is 0.661. The molecule has 2 nitrogen and oxygen atoms in total. The van der Waals surface area contributed by atoms with Gasteiger partial charge in [-0.3, -0.25) is 0 Å². The molecule has 94 valence electrons. The Hall–Kier alpha value is -0.930. The molecule has 3 heteroatoms. The zero-order valence-corrected chi connectivity index (χ0v) is 10.3. The summed E-state index contributed by atoms with van der Waals surface area (Å²) in [5, 5.41) is 3.08. The molecule has 0 heterocycles. The summed E-state index contributed by atoms with van der Waals surface area (Å²) < 4.78 is 19.7. The lowest BCUT2D eigenvalue weighted by Gasteiger charge is -2.22. The fraction of sp³-hybridized carbons (Fsp3) is 0.571. The van der Waals surface area contributed by atoms with Crippen LogP contribution in [0.25, 0.3) is 0 Å². The number of rotatable bonds is 5. The maximum atomic E-state index is 13.7. The Morgan fingerprint density at radius 1 is 1.35 bits per heavy atom. The Labute approximate surface area is 102 Å². The first-order valence-corrected chi connectivity index (χ1v) is 6.35. The highest BCUT2D eigenvalue weighted by molar-refractivity contribution is 5.20. The summed E-state index contributed by atoms with van der Waals surface area (Å²) in [6, 6.07) is 6.88. The van der Waals surface area contributed by atoms with E-state index in [1.54, 1.807) is 6.07 Å².